The van der Waals surface area contributed by atoms with Crippen LogP contribution in [0.25, 0.3) is 0 Å². The highest BCUT2D eigenvalue weighted by atomic mass is 16.5. The van der Waals surface area contributed by atoms with E-state index in [1.54, 1.807) is 0 Å². The van der Waals surface area contributed by atoms with Gasteiger partial charge in [0.25, 0.3) is 0 Å². The number of carbonyl (C=O) groups excluding carboxylic acids is 1. The Morgan fingerprint density at radius 2 is 1.67 bits per heavy atom. The van der Waals surface area contributed by atoms with Crippen molar-refractivity contribution < 1.29 is 9.53 Å². The lowest BCUT2D eigenvalue weighted by Gasteiger charge is -2.43. The molecule has 2 heterocycles. The van der Waals surface area contributed by atoms with E-state index in [9.17, 15) is 4.79 Å². The summed E-state index contributed by atoms with van der Waals surface area (Å²) >= 11 is 0. The van der Waals surface area contributed by atoms with E-state index in [1.807, 2.05) is 59.5 Å². The van der Waals surface area contributed by atoms with E-state index in [-0.39, 0.29) is 11.9 Å². The van der Waals surface area contributed by atoms with Gasteiger partial charge in [-0.3, -0.25) is 9.69 Å². The summed E-state index contributed by atoms with van der Waals surface area (Å²) in [6.45, 7) is 4.34. The lowest BCUT2D eigenvalue weighted by atomic mass is 10.1. The molecule has 2 aliphatic rings. The van der Waals surface area contributed by atoms with E-state index in [0.717, 1.165) is 49.9 Å². The van der Waals surface area contributed by atoms with Gasteiger partial charge in [-0.25, -0.2) is 0 Å². The lowest BCUT2D eigenvalue weighted by Crippen LogP contribution is -2.64. The molecule has 24 heavy (non-hydrogen) atoms. The maximum atomic E-state index is 12.7. The zero-order chi connectivity index (χ0) is 16.4. The molecule has 2 aromatic rings. The molecule has 0 aliphatic carbocycles. The molecule has 0 radical (unpaired) electrons. The van der Waals surface area contributed by atoms with Gasteiger partial charge in [0.05, 0.1) is 0 Å². The number of nitrogens with zero attached hydrogens (tertiary/aromatic N) is 2. The first kappa shape index (κ1) is 15.2. The molecule has 0 unspecified atom stereocenters. The molecular weight excluding hydrogens is 302 g/mol. The predicted octanol–water partition coefficient (Wildman–Crippen LogP) is 2.10. The van der Waals surface area contributed by atoms with Crippen LogP contribution in [0, 0.1) is 0 Å². The highest BCUT2D eigenvalue weighted by Gasteiger charge is 2.36. The summed E-state index contributed by atoms with van der Waals surface area (Å²) in [7, 11) is 0. The maximum Gasteiger partial charge on any atom is 0.245 e. The monoisotopic (exact) mass is 323 g/mol. The second kappa shape index (κ2) is 6.63. The highest BCUT2D eigenvalue weighted by molar-refractivity contribution is 5.98. The number of nitrogens with one attached hydrogen (secondary N) is 1. The molecule has 0 spiro atoms. The summed E-state index contributed by atoms with van der Waals surface area (Å²) in [5.74, 6) is 1.77. The Morgan fingerprint density at radius 3 is 2.46 bits per heavy atom. The van der Waals surface area contributed by atoms with Gasteiger partial charge in [-0.1, -0.05) is 18.2 Å². The van der Waals surface area contributed by atoms with Crippen LogP contribution in [0.2, 0.25) is 0 Å². The van der Waals surface area contributed by atoms with Gasteiger partial charge in [0.15, 0.2) is 0 Å². The molecule has 1 N–H and O–H groups in total. The van der Waals surface area contributed by atoms with Crippen LogP contribution >= 0.6 is 0 Å². The van der Waals surface area contributed by atoms with Crippen LogP contribution in [0.4, 0.5) is 5.69 Å². The van der Waals surface area contributed by atoms with Crippen LogP contribution in [0.1, 0.15) is 0 Å². The van der Waals surface area contributed by atoms with Crippen molar-refractivity contribution in [2.75, 3.05) is 37.6 Å². The number of ether oxygens (including phenoxy) is 1. The summed E-state index contributed by atoms with van der Waals surface area (Å²) in [6, 6.07) is 17.4. The average molecular weight is 323 g/mol. The molecule has 0 aromatic heterocycles. The number of carbonyl (C=O) groups is 1. The van der Waals surface area contributed by atoms with Crippen LogP contribution in [0.5, 0.6) is 11.5 Å². The van der Waals surface area contributed by atoms with E-state index in [0.29, 0.717) is 0 Å². The van der Waals surface area contributed by atoms with Crippen LogP contribution in [0.15, 0.2) is 54.6 Å². The Labute approximate surface area is 141 Å². The minimum atomic E-state index is -0.0345. The van der Waals surface area contributed by atoms with Gasteiger partial charge in [-0.05, 0) is 36.4 Å². The number of fused-ring (bicyclic) bond motifs is 1. The molecule has 4 rings (SSSR count). The molecule has 0 bridgehead atoms. The van der Waals surface area contributed by atoms with E-state index in [2.05, 4.69) is 10.2 Å². The Kier molecular flexibility index (Phi) is 4.19. The molecule has 2 aliphatic heterocycles. The van der Waals surface area contributed by atoms with Crippen LogP contribution in [-0.4, -0.2) is 49.6 Å². The molecule has 2 saturated heterocycles. The van der Waals surface area contributed by atoms with Gasteiger partial charge in [0.2, 0.25) is 5.91 Å². The zero-order valence-corrected chi connectivity index (χ0v) is 13.5. The van der Waals surface area contributed by atoms with Gasteiger partial charge in [0.1, 0.15) is 17.5 Å². The van der Waals surface area contributed by atoms with Crippen LogP contribution in [0.3, 0.4) is 0 Å². The third kappa shape index (κ3) is 3.00. The van der Waals surface area contributed by atoms with Crippen molar-refractivity contribution in [3.63, 3.8) is 0 Å². The van der Waals surface area contributed by atoms with E-state index in [4.69, 9.17) is 4.74 Å². The molecule has 2 fully saturated rings. The fraction of sp³-hybridized carbons (Fsp3) is 0.316. The number of para-hydroxylation sites is 1. The number of hydrogen-bond acceptors (Lipinski definition) is 4. The summed E-state index contributed by atoms with van der Waals surface area (Å²) in [5.41, 5.74) is 0.936. The molecular formula is C19H21N3O2. The van der Waals surface area contributed by atoms with E-state index < -0.39 is 0 Å². The van der Waals surface area contributed by atoms with Gasteiger partial charge in [-0.2, -0.15) is 0 Å². The molecule has 1 amide bonds. The van der Waals surface area contributed by atoms with Gasteiger partial charge >= 0.3 is 0 Å². The van der Waals surface area contributed by atoms with Crippen molar-refractivity contribution in [1.82, 2.24) is 10.2 Å². The fourth-order valence-electron chi connectivity index (χ4n) is 3.35. The minimum Gasteiger partial charge on any atom is -0.457 e. The number of anilines is 1. The topological polar surface area (TPSA) is 44.8 Å². The second-order valence-electron chi connectivity index (χ2n) is 6.15. The number of rotatable bonds is 3. The first-order chi connectivity index (χ1) is 11.8. The minimum absolute atomic E-state index is 0.0345. The van der Waals surface area contributed by atoms with Crippen molar-refractivity contribution in [1.29, 1.82) is 0 Å². The summed E-state index contributed by atoms with van der Waals surface area (Å²) < 4.78 is 5.81. The number of benzene rings is 2. The SMILES string of the molecule is O=C1[C@H]2CNCCN2CCN1c1ccc(Oc2ccccc2)cc1. The number of piperazine rings is 2. The Morgan fingerprint density at radius 1 is 0.917 bits per heavy atom. The fourth-order valence-corrected chi connectivity index (χ4v) is 3.35. The van der Waals surface area contributed by atoms with Gasteiger partial charge in [-0.15, -0.1) is 0 Å². The Hall–Kier alpha value is -2.37. The number of amides is 1. The summed E-state index contributed by atoms with van der Waals surface area (Å²) in [4.78, 5) is 16.9. The third-order valence-corrected chi connectivity index (χ3v) is 4.64. The second-order valence-corrected chi connectivity index (χ2v) is 6.15. The predicted molar refractivity (Wildman–Crippen MR) is 93.5 cm³/mol. The highest BCUT2D eigenvalue weighted by Crippen LogP contribution is 2.26. The van der Waals surface area contributed by atoms with Crippen LogP contribution in [-0.2, 0) is 4.79 Å². The third-order valence-electron chi connectivity index (χ3n) is 4.64. The molecule has 5 heteroatoms. The summed E-state index contributed by atoms with van der Waals surface area (Å²) in [5, 5.41) is 3.31. The Balaban J connectivity index is 1.47. The largest absolute Gasteiger partial charge is 0.457 e. The van der Waals surface area contributed by atoms with Crippen LogP contribution < -0.4 is 15.0 Å². The normalized spacial score (nSPS) is 21.4. The van der Waals surface area contributed by atoms with Crippen molar-refractivity contribution in [3.05, 3.63) is 54.6 Å². The average Bonchev–Trinajstić information content (AvgIpc) is 2.64. The maximum absolute atomic E-state index is 12.7. The van der Waals surface area contributed by atoms with Gasteiger partial charge < -0.3 is 15.0 Å². The van der Waals surface area contributed by atoms with Crippen molar-refractivity contribution in [3.8, 4) is 11.5 Å². The first-order valence-electron chi connectivity index (χ1n) is 8.40. The van der Waals surface area contributed by atoms with Crippen molar-refractivity contribution in [2.45, 2.75) is 6.04 Å². The molecule has 124 valence electrons. The van der Waals surface area contributed by atoms with Crippen molar-refractivity contribution >= 4 is 11.6 Å². The summed E-state index contributed by atoms with van der Waals surface area (Å²) in [6.07, 6.45) is 0. The standard InChI is InChI=1S/C19H21N3O2/c23-19-18-14-20-10-11-21(18)12-13-22(19)15-6-8-17(9-7-15)24-16-4-2-1-3-5-16/h1-9,18,20H,10-14H2/t18-/m1/s1. The van der Waals surface area contributed by atoms with Gasteiger partial charge in [0, 0.05) is 38.4 Å². The Bertz CT molecular complexity index is 702. The lowest BCUT2D eigenvalue weighted by molar-refractivity contribution is -0.126. The van der Waals surface area contributed by atoms with E-state index >= 15 is 0 Å². The molecule has 1 atom stereocenters. The first-order valence-corrected chi connectivity index (χ1v) is 8.40. The molecule has 5 nitrogen and oxygen atoms in total. The van der Waals surface area contributed by atoms with Crippen molar-refractivity contribution in [2.24, 2.45) is 0 Å². The quantitative estimate of drug-likeness (QED) is 0.939. The zero-order valence-electron chi connectivity index (χ0n) is 13.5. The van der Waals surface area contributed by atoms with E-state index in [1.165, 1.54) is 0 Å². The number of hydrogen-bond donors (Lipinski definition) is 1. The molecule has 0 saturated carbocycles. The smallest absolute Gasteiger partial charge is 0.245 e. The molecule has 2 aromatic carbocycles.